The summed E-state index contributed by atoms with van der Waals surface area (Å²) in [5.74, 6) is 0.435. The Morgan fingerprint density at radius 1 is 1.27 bits per heavy atom. The third kappa shape index (κ3) is 3.79. The maximum atomic E-state index is 12.4. The number of aliphatic imine (C=N–C) groups is 1. The van der Waals surface area contributed by atoms with Crippen LogP contribution in [0.2, 0.25) is 0 Å². The quantitative estimate of drug-likeness (QED) is 0.267. The average molecular weight is 420 g/mol. The summed E-state index contributed by atoms with van der Waals surface area (Å²) in [7, 11) is 3.70. The molecule has 0 N–H and O–H groups in total. The summed E-state index contributed by atoms with van der Waals surface area (Å²) < 4.78 is 6.72. The molecular weight excluding hydrogens is 400 g/mol. The maximum Gasteiger partial charge on any atom is 0.343 e. The van der Waals surface area contributed by atoms with Crippen LogP contribution in [-0.4, -0.2) is 57.7 Å². The van der Waals surface area contributed by atoms with Crippen molar-refractivity contribution in [2.75, 3.05) is 20.7 Å². The SMILES string of the molecule is CCOC(=O)c1cnn(-c2ncnc3sc(-c4ccccc4)cc23)c1N=CN(C)C. The van der Waals surface area contributed by atoms with Crippen LogP contribution in [0.5, 0.6) is 0 Å². The average Bonchev–Trinajstić information content (AvgIpc) is 3.37. The summed E-state index contributed by atoms with van der Waals surface area (Å²) in [4.78, 5) is 29.4. The van der Waals surface area contributed by atoms with E-state index in [1.54, 1.807) is 34.2 Å². The smallest absolute Gasteiger partial charge is 0.343 e. The van der Waals surface area contributed by atoms with E-state index in [-0.39, 0.29) is 12.2 Å². The summed E-state index contributed by atoms with van der Waals surface area (Å²) in [6.07, 6.45) is 4.56. The molecular formula is C21H20N6O2S. The van der Waals surface area contributed by atoms with Crippen molar-refractivity contribution >= 4 is 39.7 Å². The van der Waals surface area contributed by atoms with Crippen molar-refractivity contribution in [1.82, 2.24) is 24.6 Å². The van der Waals surface area contributed by atoms with Gasteiger partial charge in [-0.1, -0.05) is 30.3 Å². The highest BCUT2D eigenvalue weighted by Crippen LogP contribution is 2.35. The Labute approximate surface area is 177 Å². The lowest BCUT2D eigenvalue weighted by Crippen LogP contribution is -2.09. The molecule has 9 heteroatoms. The zero-order valence-electron chi connectivity index (χ0n) is 16.8. The van der Waals surface area contributed by atoms with E-state index in [4.69, 9.17) is 4.74 Å². The van der Waals surface area contributed by atoms with E-state index in [2.05, 4.69) is 32.2 Å². The minimum absolute atomic E-state index is 0.267. The van der Waals surface area contributed by atoms with Crippen molar-refractivity contribution < 1.29 is 9.53 Å². The highest BCUT2D eigenvalue weighted by atomic mass is 32.1. The van der Waals surface area contributed by atoms with E-state index in [9.17, 15) is 4.79 Å². The predicted octanol–water partition coefficient (Wildman–Crippen LogP) is 3.94. The van der Waals surface area contributed by atoms with Gasteiger partial charge >= 0.3 is 5.97 Å². The molecule has 3 heterocycles. The minimum atomic E-state index is -0.477. The van der Waals surface area contributed by atoms with Gasteiger partial charge in [-0.2, -0.15) is 9.78 Å². The van der Waals surface area contributed by atoms with Crippen molar-refractivity contribution in [2.45, 2.75) is 6.92 Å². The third-order valence-corrected chi connectivity index (χ3v) is 5.31. The van der Waals surface area contributed by atoms with Crippen molar-refractivity contribution in [2.24, 2.45) is 4.99 Å². The van der Waals surface area contributed by atoms with Gasteiger partial charge in [0.05, 0.1) is 24.5 Å². The molecule has 4 aromatic rings. The molecule has 0 spiro atoms. The molecule has 0 aliphatic heterocycles. The Kier molecular flexibility index (Phi) is 5.53. The fourth-order valence-corrected chi connectivity index (χ4v) is 3.90. The molecule has 0 bridgehead atoms. The third-order valence-electron chi connectivity index (χ3n) is 4.22. The number of hydrogen-bond acceptors (Lipinski definition) is 7. The number of nitrogens with zero attached hydrogens (tertiary/aromatic N) is 6. The normalized spacial score (nSPS) is 11.3. The Hall–Kier alpha value is -3.59. The number of fused-ring (bicyclic) bond motifs is 1. The number of aromatic nitrogens is 4. The van der Waals surface area contributed by atoms with Crippen LogP contribution in [-0.2, 0) is 4.74 Å². The number of rotatable bonds is 6. The molecule has 3 aromatic heterocycles. The molecule has 0 saturated heterocycles. The molecule has 0 aliphatic carbocycles. The lowest BCUT2D eigenvalue weighted by atomic mass is 10.2. The zero-order chi connectivity index (χ0) is 21.1. The standard InChI is InChI=1S/C21H20N6O2S/c1-4-29-21(28)16-11-25-27(19(16)24-13-26(2)3)18-15-10-17(14-8-6-5-7-9-14)30-20(15)23-12-22-18/h5-13H,4H2,1-3H3. The van der Waals surface area contributed by atoms with Crippen LogP contribution in [0.15, 0.2) is 53.9 Å². The van der Waals surface area contributed by atoms with E-state index in [0.29, 0.717) is 11.6 Å². The lowest BCUT2D eigenvalue weighted by Gasteiger charge is -2.07. The van der Waals surface area contributed by atoms with Crippen molar-refractivity contribution in [1.29, 1.82) is 0 Å². The molecule has 1 aromatic carbocycles. The summed E-state index contributed by atoms with van der Waals surface area (Å²) in [6.45, 7) is 2.03. The van der Waals surface area contributed by atoms with Gasteiger partial charge in [0.15, 0.2) is 11.6 Å². The number of hydrogen-bond donors (Lipinski definition) is 0. The Morgan fingerprint density at radius 2 is 2.07 bits per heavy atom. The molecule has 0 atom stereocenters. The molecule has 152 valence electrons. The zero-order valence-corrected chi connectivity index (χ0v) is 17.6. The van der Waals surface area contributed by atoms with Gasteiger partial charge in [-0.3, -0.25) is 0 Å². The second-order valence-corrected chi connectivity index (χ2v) is 7.65. The number of ether oxygens (including phenoxy) is 1. The first kappa shape index (κ1) is 19.7. The summed E-state index contributed by atoms with van der Waals surface area (Å²) in [5, 5.41) is 5.23. The molecule has 0 unspecified atom stereocenters. The van der Waals surface area contributed by atoms with E-state index in [0.717, 1.165) is 20.7 Å². The van der Waals surface area contributed by atoms with Crippen LogP contribution in [0.4, 0.5) is 5.82 Å². The summed E-state index contributed by atoms with van der Waals surface area (Å²) in [6, 6.07) is 12.1. The molecule has 4 rings (SSSR count). The van der Waals surface area contributed by atoms with E-state index < -0.39 is 5.97 Å². The topological polar surface area (TPSA) is 85.5 Å². The Bertz CT molecular complexity index is 1210. The fraction of sp³-hybridized carbons (Fsp3) is 0.190. The highest BCUT2D eigenvalue weighted by molar-refractivity contribution is 7.21. The molecule has 0 fully saturated rings. The van der Waals surface area contributed by atoms with Crippen LogP contribution >= 0.6 is 11.3 Å². The molecule has 0 aliphatic rings. The van der Waals surface area contributed by atoms with Gasteiger partial charge in [-0.15, -0.1) is 11.3 Å². The molecule has 8 nitrogen and oxygen atoms in total. The van der Waals surface area contributed by atoms with Gasteiger partial charge < -0.3 is 9.64 Å². The first-order chi connectivity index (χ1) is 14.6. The molecule has 30 heavy (non-hydrogen) atoms. The monoisotopic (exact) mass is 420 g/mol. The van der Waals surface area contributed by atoms with E-state index >= 15 is 0 Å². The number of benzene rings is 1. The Morgan fingerprint density at radius 3 is 2.80 bits per heavy atom. The predicted molar refractivity (Wildman–Crippen MR) is 118 cm³/mol. The van der Waals surface area contributed by atoms with Gasteiger partial charge in [0, 0.05) is 19.0 Å². The van der Waals surface area contributed by atoms with E-state index in [1.807, 2.05) is 38.4 Å². The second kappa shape index (κ2) is 8.42. The Balaban J connectivity index is 1.87. The first-order valence-corrected chi connectivity index (χ1v) is 10.2. The van der Waals surface area contributed by atoms with Crippen LogP contribution in [0, 0.1) is 0 Å². The summed E-state index contributed by atoms with van der Waals surface area (Å²) in [5.41, 5.74) is 1.38. The second-order valence-electron chi connectivity index (χ2n) is 6.62. The first-order valence-electron chi connectivity index (χ1n) is 9.34. The van der Waals surface area contributed by atoms with Crippen LogP contribution in [0.25, 0.3) is 26.5 Å². The van der Waals surface area contributed by atoms with E-state index in [1.165, 1.54) is 12.5 Å². The summed E-state index contributed by atoms with van der Waals surface area (Å²) >= 11 is 1.57. The van der Waals surface area contributed by atoms with Gasteiger partial charge in [0.25, 0.3) is 0 Å². The fourth-order valence-electron chi connectivity index (χ4n) is 2.90. The molecule has 0 radical (unpaired) electrons. The van der Waals surface area contributed by atoms with Crippen molar-refractivity contribution in [3.05, 3.63) is 54.5 Å². The van der Waals surface area contributed by atoms with Gasteiger partial charge in [-0.05, 0) is 18.6 Å². The number of thiophene rings is 1. The number of esters is 1. The lowest BCUT2D eigenvalue weighted by molar-refractivity contribution is 0.0527. The maximum absolute atomic E-state index is 12.4. The minimum Gasteiger partial charge on any atom is -0.462 e. The number of carbonyl (C=O) groups is 1. The van der Waals surface area contributed by atoms with Crippen molar-refractivity contribution in [3.63, 3.8) is 0 Å². The van der Waals surface area contributed by atoms with Gasteiger partial charge in [0.2, 0.25) is 0 Å². The highest BCUT2D eigenvalue weighted by Gasteiger charge is 2.22. The van der Waals surface area contributed by atoms with Crippen LogP contribution in [0.1, 0.15) is 17.3 Å². The van der Waals surface area contributed by atoms with Crippen LogP contribution in [0.3, 0.4) is 0 Å². The molecule has 0 saturated carbocycles. The van der Waals surface area contributed by atoms with Crippen molar-refractivity contribution in [3.8, 4) is 16.3 Å². The number of carbonyl (C=O) groups excluding carboxylic acids is 1. The largest absolute Gasteiger partial charge is 0.462 e. The molecule has 0 amide bonds. The van der Waals surface area contributed by atoms with Crippen LogP contribution < -0.4 is 0 Å². The van der Waals surface area contributed by atoms with Gasteiger partial charge in [-0.25, -0.2) is 19.8 Å². The van der Waals surface area contributed by atoms with Gasteiger partial charge in [0.1, 0.15) is 16.7 Å².